The van der Waals surface area contributed by atoms with E-state index in [2.05, 4.69) is 41.5 Å². The first kappa shape index (κ1) is 15.2. The Labute approximate surface area is 107 Å². The Kier molecular flexibility index (Phi) is 5.19. The molecule has 17 heavy (non-hydrogen) atoms. The Morgan fingerprint density at radius 2 is 1.59 bits per heavy atom. The lowest BCUT2D eigenvalue weighted by Crippen LogP contribution is -2.62. The van der Waals surface area contributed by atoms with E-state index in [4.69, 9.17) is 13.6 Å². The Bertz CT molecular complexity index is 227. The zero-order chi connectivity index (χ0) is 13.1. The van der Waals surface area contributed by atoms with Crippen molar-refractivity contribution in [3.05, 3.63) is 0 Å². The van der Waals surface area contributed by atoms with Gasteiger partial charge in [-0.3, -0.25) is 0 Å². The third-order valence-electron chi connectivity index (χ3n) is 3.19. The Hall–Kier alpha value is 0.0969. The Balaban J connectivity index is 2.92. The quantitative estimate of drug-likeness (QED) is 0.656. The highest BCUT2D eigenvalue weighted by molar-refractivity contribution is 6.71. The molecular formula is C13H28O3Si. The maximum Gasteiger partial charge on any atom is 0.349 e. The molecule has 0 aromatic rings. The van der Waals surface area contributed by atoms with Crippen LogP contribution in [0.15, 0.2) is 0 Å². The standard InChI is InChI=1S/C13H28O3Si/c1-7-8-17(15-11(2)3,16-12(4)5)13(6)9-14-10-13/h11-12H,7-10H2,1-6H3. The summed E-state index contributed by atoms with van der Waals surface area (Å²) < 4.78 is 18.1. The van der Waals surface area contributed by atoms with Crippen molar-refractivity contribution in [1.29, 1.82) is 0 Å². The van der Waals surface area contributed by atoms with Crippen LogP contribution >= 0.6 is 0 Å². The molecular weight excluding hydrogens is 232 g/mol. The highest BCUT2D eigenvalue weighted by Crippen LogP contribution is 2.49. The zero-order valence-electron chi connectivity index (χ0n) is 12.2. The highest BCUT2D eigenvalue weighted by atomic mass is 28.4. The molecule has 4 heteroatoms. The van der Waals surface area contributed by atoms with Gasteiger partial charge in [0.05, 0.1) is 18.3 Å². The van der Waals surface area contributed by atoms with Crippen molar-refractivity contribution in [1.82, 2.24) is 0 Å². The Morgan fingerprint density at radius 3 is 1.82 bits per heavy atom. The van der Waals surface area contributed by atoms with E-state index in [1.54, 1.807) is 0 Å². The van der Waals surface area contributed by atoms with Crippen molar-refractivity contribution in [2.75, 3.05) is 13.2 Å². The van der Waals surface area contributed by atoms with E-state index in [-0.39, 0.29) is 17.2 Å². The van der Waals surface area contributed by atoms with E-state index >= 15 is 0 Å². The molecule has 0 radical (unpaired) electrons. The van der Waals surface area contributed by atoms with Crippen molar-refractivity contribution >= 4 is 8.56 Å². The summed E-state index contributed by atoms with van der Waals surface area (Å²) in [5, 5.41) is 0.123. The van der Waals surface area contributed by atoms with Gasteiger partial charge in [-0.2, -0.15) is 0 Å². The van der Waals surface area contributed by atoms with Gasteiger partial charge in [0, 0.05) is 12.2 Å². The molecule has 0 aromatic heterocycles. The van der Waals surface area contributed by atoms with Crippen LogP contribution in [0.2, 0.25) is 11.1 Å². The van der Waals surface area contributed by atoms with E-state index in [0.29, 0.717) is 0 Å². The van der Waals surface area contributed by atoms with Gasteiger partial charge in [0.2, 0.25) is 0 Å². The van der Waals surface area contributed by atoms with Crippen LogP contribution in [0.5, 0.6) is 0 Å². The summed E-state index contributed by atoms with van der Waals surface area (Å²) in [5.74, 6) is 0. The molecule has 1 aliphatic rings. The second kappa shape index (κ2) is 5.82. The number of hydrogen-bond acceptors (Lipinski definition) is 3. The highest BCUT2D eigenvalue weighted by Gasteiger charge is 2.59. The van der Waals surface area contributed by atoms with Gasteiger partial charge in [0.15, 0.2) is 0 Å². The summed E-state index contributed by atoms with van der Waals surface area (Å²) in [7, 11) is -2.19. The summed E-state index contributed by atoms with van der Waals surface area (Å²) in [5.41, 5.74) is 0. The van der Waals surface area contributed by atoms with E-state index in [1.165, 1.54) is 0 Å². The lowest BCUT2D eigenvalue weighted by atomic mass is 10.1. The van der Waals surface area contributed by atoms with Gasteiger partial charge in [0.1, 0.15) is 0 Å². The second-order valence-electron chi connectivity index (χ2n) is 5.89. The topological polar surface area (TPSA) is 27.7 Å². The number of rotatable bonds is 7. The maximum absolute atomic E-state index is 6.33. The lowest BCUT2D eigenvalue weighted by Gasteiger charge is -2.51. The first-order chi connectivity index (χ1) is 7.85. The summed E-state index contributed by atoms with van der Waals surface area (Å²) >= 11 is 0. The average molecular weight is 260 g/mol. The van der Waals surface area contributed by atoms with Crippen LogP contribution < -0.4 is 0 Å². The van der Waals surface area contributed by atoms with Gasteiger partial charge in [-0.1, -0.05) is 20.3 Å². The van der Waals surface area contributed by atoms with Crippen molar-refractivity contribution in [2.24, 2.45) is 0 Å². The van der Waals surface area contributed by atoms with Gasteiger partial charge in [-0.15, -0.1) is 0 Å². The molecule has 0 aromatic carbocycles. The van der Waals surface area contributed by atoms with Gasteiger partial charge in [-0.25, -0.2) is 0 Å². The molecule has 1 saturated heterocycles. The van der Waals surface area contributed by atoms with E-state index in [1.807, 2.05) is 0 Å². The molecule has 1 aliphatic heterocycles. The molecule has 0 atom stereocenters. The molecule has 3 nitrogen and oxygen atoms in total. The summed E-state index contributed by atoms with van der Waals surface area (Å²) in [6.07, 6.45) is 1.56. The minimum absolute atomic E-state index is 0.123. The number of ether oxygens (including phenoxy) is 1. The normalized spacial score (nSPS) is 19.8. The fraction of sp³-hybridized carbons (Fsp3) is 1.00. The lowest BCUT2D eigenvalue weighted by molar-refractivity contribution is -0.0517. The minimum atomic E-state index is -2.19. The SMILES string of the molecule is CCC[Si](OC(C)C)(OC(C)C)C1(C)COC1. The molecule has 0 saturated carbocycles. The van der Waals surface area contributed by atoms with Gasteiger partial charge in [0.25, 0.3) is 0 Å². The monoisotopic (exact) mass is 260 g/mol. The first-order valence-corrected chi connectivity index (χ1v) is 8.81. The maximum atomic E-state index is 6.33. The smallest absolute Gasteiger partial charge is 0.349 e. The fourth-order valence-corrected chi connectivity index (χ4v) is 6.74. The third-order valence-corrected chi connectivity index (χ3v) is 8.18. The molecule has 1 heterocycles. The zero-order valence-corrected chi connectivity index (χ0v) is 13.2. The van der Waals surface area contributed by atoms with Crippen LogP contribution in [0.25, 0.3) is 0 Å². The average Bonchev–Trinajstić information content (AvgIpc) is 2.11. The van der Waals surface area contributed by atoms with E-state index in [9.17, 15) is 0 Å². The third kappa shape index (κ3) is 3.31. The van der Waals surface area contributed by atoms with Crippen molar-refractivity contribution < 1.29 is 13.6 Å². The molecule has 0 unspecified atom stereocenters. The van der Waals surface area contributed by atoms with E-state index in [0.717, 1.165) is 25.7 Å². The molecule has 102 valence electrons. The van der Waals surface area contributed by atoms with E-state index < -0.39 is 8.56 Å². The van der Waals surface area contributed by atoms with Crippen LogP contribution in [0, 0.1) is 0 Å². The van der Waals surface area contributed by atoms with Crippen molar-refractivity contribution in [2.45, 2.75) is 71.3 Å². The van der Waals surface area contributed by atoms with Gasteiger partial charge in [-0.05, 0) is 33.7 Å². The minimum Gasteiger partial charge on any atom is -0.391 e. The molecule has 0 amide bonds. The molecule has 0 aliphatic carbocycles. The second-order valence-corrected chi connectivity index (χ2v) is 9.57. The van der Waals surface area contributed by atoms with Crippen LogP contribution in [-0.2, 0) is 13.6 Å². The summed E-state index contributed by atoms with van der Waals surface area (Å²) in [4.78, 5) is 0. The molecule has 0 N–H and O–H groups in total. The number of hydrogen-bond donors (Lipinski definition) is 0. The summed E-state index contributed by atoms with van der Waals surface area (Å²) in [6, 6.07) is 1.06. The van der Waals surface area contributed by atoms with Crippen LogP contribution in [0.3, 0.4) is 0 Å². The van der Waals surface area contributed by atoms with Crippen molar-refractivity contribution in [3.63, 3.8) is 0 Å². The predicted molar refractivity (Wildman–Crippen MR) is 72.5 cm³/mol. The summed E-state index contributed by atoms with van der Waals surface area (Å²) in [6.45, 7) is 14.5. The molecule has 1 rings (SSSR count). The predicted octanol–water partition coefficient (Wildman–Crippen LogP) is 3.48. The fourth-order valence-electron chi connectivity index (χ4n) is 2.45. The molecule has 1 fully saturated rings. The Morgan fingerprint density at radius 1 is 1.12 bits per heavy atom. The molecule has 0 bridgehead atoms. The van der Waals surface area contributed by atoms with Crippen LogP contribution in [0.4, 0.5) is 0 Å². The first-order valence-electron chi connectivity index (χ1n) is 6.78. The van der Waals surface area contributed by atoms with Gasteiger partial charge >= 0.3 is 8.56 Å². The van der Waals surface area contributed by atoms with Crippen LogP contribution in [0.1, 0.15) is 48.0 Å². The molecule has 0 spiro atoms. The van der Waals surface area contributed by atoms with Crippen molar-refractivity contribution in [3.8, 4) is 0 Å². The largest absolute Gasteiger partial charge is 0.391 e. The van der Waals surface area contributed by atoms with Gasteiger partial charge < -0.3 is 13.6 Å². The van der Waals surface area contributed by atoms with Crippen LogP contribution in [-0.4, -0.2) is 34.0 Å².